The molecule has 0 amide bonds. The van der Waals surface area contributed by atoms with Crippen LogP contribution in [0.4, 0.5) is 0 Å². The van der Waals surface area contributed by atoms with Crippen molar-refractivity contribution in [2.75, 3.05) is 13.7 Å². The van der Waals surface area contributed by atoms with Gasteiger partial charge in [0.1, 0.15) is 5.75 Å². The van der Waals surface area contributed by atoms with Crippen LogP contribution in [0.5, 0.6) is 5.75 Å². The number of nitrogens with two attached hydrogens (primary N) is 1. The molecule has 0 saturated carbocycles. The fourth-order valence-corrected chi connectivity index (χ4v) is 1.57. The fourth-order valence-electron chi connectivity index (χ4n) is 1.18. The molecule has 15 heavy (non-hydrogen) atoms. The van der Waals surface area contributed by atoms with Crippen molar-refractivity contribution in [2.45, 2.75) is 19.5 Å². The number of hydrogen-bond donors (Lipinski definition) is 2. The molecule has 3 nitrogen and oxygen atoms in total. The Balaban J connectivity index is 2.66. The van der Waals surface area contributed by atoms with Gasteiger partial charge in [-0.3, -0.25) is 0 Å². The predicted octanol–water partition coefficient (Wildman–Crippen LogP) is 1.89. The summed E-state index contributed by atoms with van der Waals surface area (Å²) >= 11 is 3.50. The molecule has 0 aliphatic rings. The van der Waals surface area contributed by atoms with Crippen LogP contribution in [-0.4, -0.2) is 19.7 Å². The van der Waals surface area contributed by atoms with Crippen molar-refractivity contribution in [1.82, 2.24) is 5.32 Å². The topological polar surface area (TPSA) is 47.3 Å². The van der Waals surface area contributed by atoms with Gasteiger partial charge in [-0.15, -0.1) is 0 Å². The molecular formula is C11H17BrN2O. The van der Waals surface area contributed by atoms with Gasteiger partial charge in [0.15, 0.2) is 0 Å². The van der Waals surface area contributed by atoms with Crippen molar-refractivity contribution >= 4 is 15.9 Å². The Kier molecular flexibility index (Phi) is 5.08. The molecule has 1 unspecified atom stereocenters. The molecule has 0 bridgehead atoms. The Morgan fingerprint density at radius 3 is 2.87 bits per heavy atom. The van der Waals surface area contributed by atoms with E-state index in [2.05, 4.69) is 28.2 Å². The number of rotatable bonds is 5. The lowest BCUT2D eigenvalue weighted by Gasteiger charge is -2.13. The first kappa shape index (κ1) is 12.5. The fraction of sp³-hybridized carbons (Fsp3) is 0.455. The maximum Gasteiger partial charge on any atom is 0.119 e. The molecule has 1 aromatic rings. The highest BCUT2D eigenvalue weighted by molar-refractivity contribution is 9.10. The zero-order valence-corrected chi connectivity index (χ0v) is 10.7. The molecule has 1 rings (SSSR count). The Bertz CT molecular complexity index is 317. The van der Waals surface area contributed by atoms with Crippen molar-refractivity contribution in [3.05, 3.63) is 28.2 Å². The molecule has 1 atom stereocenters. The lowest BCUT2D eigenvalue weighted by molar-refractivity contribution is 0.413. The summed E-state index contributed by atoms with van der Waals surface area (Å²) in [5.74, 6) is 0.871. The minimum atomic E-state index is 0.322. The Labute approximate surface area is 99.1 Å². The zero-order chi connectivity index (χ0) is 11.3. The molecule has 84 valence electrons. The van der Waals surface area contributed by atoms with Gasteiger partial charge in [0.2, 0.25) is 0 Å². The number of ether oxygens (including phenoxy) is 1. The van der Waals surface area contributed by atoms with E-state index in [9.17, 15) is 0 Å². The molecule has 0 fully saturated rings. The number of methoxy groups -OCH3 is 1. The Morgan fingerprint density at radius 1 is 1.53 bits per heavy atom. The van der Waals surface area contributed by atoms with E-state index in [1.807, 2.05) is 18.2 Å². The summed E-state index contributed by atoms with van der Waals surface area (Å²) in [4.78, 5) is 0. The number of hydrogen-bond acceptors (Lipinski definition) is 3. The second kappa shape index (κ2) is 6.10. The average molecular weight is 273 g/mol. The average Bonchev–Trinajstić information content (AvgIpc) is 2.27. The van der Waals surface area contributed by atoms with Crippen LogP contribution < -0.4 is 15.8 Å². The second-order valence-corrected chi connectivity index (χ2v) is 4.33. The summed E-state index contributed by atoms with van der Waals surface area (Å²) in [5.41, 5.74) is 6.71. The number of benzene rings is 1. The number of halogens is 1. The molecule has 1 aromatic carbocycles. The highest BCUT2D eigenvalue weighted by atomic mass is 79.9. The number of nitrogens with one attached hydrogen (secondary N) is 1. The normalized spacial score (nSPS) is 12.5. The van der Waals surface area contributed by atoms with Gasteiger partial charge in [0.25, 0.3) is 0 Å². The molecule has 0 aliphatic heterocycles. The van der Waals surface area contributed by atoms with Crippen molar-refractivity contribution in [3.63, 3.8) is 0 Å². The van der Waals surface area contributed by atoms with Gasteiger partial charge >= 0.3 is 0 Å². The second-order valence-electron chi connectivity index (χ2n) is 3.47. The van der Waals surface area contributed by atoms with Crippen LogP contribution >= 0.6 is 15.9 Å². The zero-order valence-electron chi connectivity index (χ0n) is 9.09. The minimum absolute atomic E-state index is 0.322. The van der Waals surface area contributed by atoms with Crippen LogP contribution in [0.15, 0.2) is 22.7 Å². The largest absolute Gasteiger partial charge is 0.497 e. The molecular weight excluding hydrogens is 256 g/mol. The first-order valence-corrected chi connectivity index (χ1v) is 5.72. The first-order valence-electron chi connectivity index (χ1n) is 4.93. The van der Waals surface area contributed by atoms with Gasteiger partial charge in [0, 0.05) is 23.6 Å². The van der Waals surface area contributed by atoms with Gasteiger partial charge in [-0.05, 0) is 30.7 Å². The smallest absolute Gasteiger partial charge is 0.119 e. The molecule has 0 aromatic heterocycles. The van der Waals surface area contributed by atoms with Crippen LogP contribution in [0.1, 0.15) is 12.5 Å². The van der Waals surface area contributed by atoms with Crippen LogP contribution in [0.2, 0.25) is 0 Å². The Morgan fingerprint density at radius 2 is 2.27 bits per heavy atom. The van der Waals surface area contributed by atoms with E-state index >= 15 is 0 Å². The third kappa shape index (κ3) is 3.81. The SMILES string of the molecule is COc1ccc(Br)c(CNC(C)CN)c1. The molecule has 0 spiro atoms. The maximum atomic E-state index is 5.53. The summed E-state index contributed by atoms with van der Waals surface area (Å²) in [6.07, 6.45) is 0. The van der Waals surface area contributed by atoms with Gasteiger partial charge in [-0.1, -0.05) is 15.9 Å². The Hall–Kier alpha value is -0.580. The third-order valence-electron chi connectivity index (χ3n) is 2.25. The highest BCUT2D eigenvalue weighted by Crippen LogP contribution is 2.22. The summed E-state index contributed by atoms with van der Waals surface area (Å²) in [6, 6.07) is 6.26. The summed E-state index contributed by atoms with van der Waals surface area (Å²) in [6.45, 7) is 3.49. The van der Waals surface area contributed by atoms with Gasteiger partial charge in [-0.2, -0.15) is 0 Å². The standard InChI is InChI=1S/C11H17BrN2O/c1-8(6-13)14-7-9-5-10(15-2)3-4-11(9)12/h3-5,8,14H,6-7,13H2,1-2H3. The first-order chi connectivity index (χ1) is 7.17. The van der Waals surface area contributed by atoms with Crippen molar-refractivity contribution in [2.24, 2.45) is 5.73 Å². The van der Waals surface area contributed by atoms with E-state index in [1.165, 1.54) is 5.56 Å². The van der Waals surface area contributed by atoms with Crippen LogP contribution in [0.25, 0.3) is 0 Å². The molecule has 0 radical (unpaired) electrons. The van der Waals surface area contributed by atoms with Gasteiger partial charge < -0.3 is 15.8 Å². The van der Waals surface area contributed by atoms with Gasteiger partial charge in [0.05, 0.1) is 7.11 Å². The lowest BCUT2D eigenvalue weighted by atomic mass is 10.2. The van der Waals surface area contributed by atoms with E-state index in [-0.39, 0.29) is 0 Å². The molecule has 0 saturated heterocycles. The molecule has 0 heterocycles. The predicted molar refractivity (Wildman–Crippen MR) is 66.1 cm³/mol. The maximum absolute atomic E-state index is 5.53. The summed E-state index contributed by atoms with van der Waals surface area (Å²) < 4.78 is 6.25. The van der Waals surface area contributed by atoms with Crippen LogP contribution in [0.3, 0.4) is 0 Å². The third-order valence-corrected chi connectivity index (χ3v) is 3.02. The molecule has 0 aliphatic carbocycles. The van der Waals surface area contributed by atoms with Crippen molar-refractivity contribution < 1.29 is 4.74 Å². The monoisotopic (exact) mass is 272 g/mol. The van der Waals surface area contributed by atoms with Gasteiger partial charge in [-0.25, -0.2) is 0 Å². The lowest BCUT2D eigenvalue weighted by Crippen LogP contribution is -2.32. The quantitative estimate of drug-likeness (QED) is 0.861. The van der Waals surface area contributed by atoms with E-state index in [4.69, 9.17) is 10.5 Å². The van der Waals surface area contributed by atoms with E-state index in [1.54, 1.807) is 7.11 Å². The molecule has 4 heteroatoms. The molecule has 3 N–H and O–H groups in total. The van der Waals surface area contributed by atoms with Crippen molar-refractivity contribution in [1.29, 1.82) is 0 Å². The van der Waals surface area contributed by atoms with E-state index < -0.39 is 0 Å². The van der Waals surface area contributed by atoms with Crippen LogP contribution in [-0.2, 0) is 6.54 Å². The van der Waals surface area contributed by atoms with E-state index in [0.29, 0.717) is 12.6 Å². The van der Waals surface area contributed by atoms with Crippen molar-refractivity contribution in [3.8, 4) is 5.75 Å². The highest BCUT2D eigenvalue weighted by Gasteiger charge is 2.03. The van der Waals surface area contributed by atoms with E-state index in [0.717, 1.165) is 16.8 Å². The minimum Gasteiger partial charge on any atom is -0.497 e. The summed E-state index contributed by atoms with van der Waals surface area (Å²) in [5, 5.41) is 3.33. The van der Waals surface area contributed by atoms with Crippen LogP contribution in [0, 0.1) is 0 Å². The summed E-state index contributed by atoms with van der Waals surface area (Å²) in [7, 11) is 1.67.